The number of aryl methyl sites for hydroxylation is 1. The van der Waals surface area contributed by atoms with Gasteiger partial charge in [-0.25, -0.2) is 9.97 Å². The van der Waals surface area contributed by atoms with Gasteiger partial charge in [0, 0.05) is 33.2 Å². The van der Waals surface area contributed by atoms with E-state index in [1.165, 1.54) is 0 Å². The topological polar surface area (TPSA) is 37.2 Å². The van der Waals surface area contributed by atoms with Crippen molar-refractivity contribution in [2.24, 2.45) is 7.05 Å². The Balaban J connectivity index is 1.77. The summed E-state index contributed by atoms with van der Waals surface area (Å²) in [5, 5.41) is 0.631. The first-order chi connectivity index (χ1) is 11.6. The van der Waals surface area contributed by atoms with Gasteiger partial charge in [0.2, 0.25) is 0 Å². The lowest BCUT2D eigenvalue weighted by Gasteiger charge is -2.33. The van der Waals surface area contributed by atoms with Crippen molar-refractivity contribution in [2.45, 2.75) is 0 Å². The van der Waals surface area contributed by atoms with E-state index in [2.05, 4.69) is 27.5 Å². The normalized spacial score (nSPS) is 16.0. The number of benzene rings is 1. The maximum atomic E-state index is 6.45. The second kappa shape index (κ2) is 6.07. The van der Waals surface area contributed by atoms with Gasteiger partial charge in [0.05, 0.1) is 16.1 Å². The summed E-state index contributed by atoms with van der Waals surface area (Å²) in [6.07, 6.45) is 0. The quantitative estimate of drug-likeness (QED) is 0.718. The molecule has 6 heteroatoms. The van der Waals surface area contributed by atoms with Crippen molar-refractivity contribution in [1.29, 1.82) is 0 Å². The Bertz CT molecular complexity index is 880. The lowest BCUT2D eigenvalue weighted by molar-refractivity contribution is 0.312. The summed E-state index contributed by atoms with van der Waals surface area (Å²) < 4.78 is 2.05. The average molecular weight is 342 g/mol. The van der Waals surface area contributed by atoms with Gasteiger partial charge in [-0.05, 0) is 31.3 Å². The van der Waals surface area contributed by atoms with Crippen LogP contribution in [-0.2, 0) is 7.05 Å². The third kappa shape index (κ3) is 2.64. The highest BCUT2D eigenvalue weighted by molar-refractivity contribution is 6.33. The summed E-state index contributed by atoms with van der Waals surface area (Å²) in [7, 11) is 4.16. The summed E-state index contributed by atoms with van der Waals surface area (Å²) in [4.78, 5) is 14.2. The van der Waals surface area contributed by atoms with Crippen LogP contribution in [0.2, 0.25) is 5.02 Å². The summed E-state index contributed by atoms with van der Waals surface area (Å²) in [5.74, 6) is 1.77. The first-order valence-corrected chi connectivity index (χ1v) is 8.53. The predicted octanol–water partition coefficient (Wildman–Crippen LogP) is 3.04. The number of nitrogens with zero attached hydrogens (tertiary/aromatic N) is 5. The molecular formula is C18H20ClN5. The smallest absolute Gasteiger partial charge is 0.161 e. The summed E-state index contributed by atoms with van der Waals surface area (Å²) in [6, 6.07) is 12.0. The van der Waals surface area contributed by atoms with Gasteiger partial charge >= 0.3 is 0 Å². The van der Waals surface area contributed by atoms with E-state index >= 15 is 0 Å². The van der Waals surface area contributed by atoms with E-state index in [9.17, 15) is 0 Å². The third-order valence-electron chi connectivity index (χ3n) is 4.66. The minimum atomic E-state index is 0.631. The minimum Gasteiger partial charge on any atom is -0.354 e. The van der Waals surface area contributed by atoms with Crippen LogP contribution >= 0.6 is 11.6 Å². The van der Waals surface area contributed by atoms with Crippen LogP contribution in [0.15, 0.2) is 36.4 Å². The molecule has 1 aromatic carbocycles. The number of piperazine rings is 1. The van der Waals surface area contributed by atoms with Crippen LogP contribution in [0.5, 0.6) is 0 Å². The molecule has 24 heavy (non-hydrogen) atoms. The monoisotopic (exact) mass is 341 g/mol. The zero-order chi connectivity index (χ0) is 16.7. The van der Waals surface area contributed by atoms with Crippen LogP contribution in [0.3, 0.4) is 0 Å². The Morgan fingerprint density at radius 3 is 2.42 bits per heavy atom. The van der Waals surface area contributed by atoms with Crippen LogP contribution in [0.1, 0.15) is 0 Å². The third-order valence-corrected chi connectivity index (χ3v) is 4.96. The van der Waals surface area contributed by atoms with Crippen molar-refractivity contribution >= 4 is 28.5 Å². The number of rotatable bonds is 2. The van der Waals surface area contributed by atoms with Crippen molar-refractivity contribution in [3.05, 3.63) is 41.4 Å². The van der Waals surface area contributed by atoms with E-state index < -0.39 is 0 Å². The number of pyridine rings is 1. The lowest BCUT2D eigenvalue weighted by atomic mass is 10.3. The Hall–Kier alpha value is -2.11. The van der Waals surface area contributed by atoms with Crippen molar-refractivity contribution in [3.8, 4) is 11.5 Å². The molecular weight excluding hydrogens is 322 g/mol. The van der Waals surface area contributed by atoms with Crippen molar-refractivity contribution < 1.29 is 0 Å². The molecule has 0 unspecified atom stereocenters. The highest BCUT2D eigenvalue weighted by atomic mass is 35.5. The SMILES string of the molecule is CN1CCN(c2ccc(Cl)c(-c3nc4ccccc4n3C)n2)CC1. The molecule has 1 saturated heterocycles. The van der Waals surface area contributed by atoms with Crippen molar-refractivity contribution in [2.75, 3.05) is 38.1 Å². The molecule has 1 fully saturated rings. The molecule has 2 aromatic heterocycles. The van der Waals surface area contributed by atoms with E-state index in [1.807, 2.05) is 37.4 Å². The number of hydrogen-bond donors (Lipinski definition) is 0. The van der Waals surface area contributed by atoms with E-state index in [4.69, 9.17) is 21.6 Å². The second-order valence-electron chi connectivity index (χ2n) is 6.27. The molecule has 4 rings (SSSR count). The zero-order valence-corrected chi connectivity index (χ0v) is 14.7. The molecule has 0 N–H and O–H groups in total. The largest absolute Gasteiger partial charge is 0.354 e. The standard InChI is InChI=1S/C18H20ClN5/c1-22-9-11-24(12-10-22)16-8-7-13(19)17(21-16)18-20-14-5-3-4-6-15(14)23(18)2/h3-8H,9-12H2,1-2H3. The molecule has 0 radical (unpaired) electrons. The van der Waals surface area contributed by atoms with E-state index in [-0.39, 0.29) is 0 Å². The van der Waals surface area contributed by atoms with Crippen molar-refractivity contribution in [3.63, 3.8) is 0 Å². The van der Waals surface area contributed by atoms with Crippen LogP contribution in [0.25, 0.3) is 22.6 Å². The van der Waals surface area contributed by atoms with Gasteiger partial charge in [-0.1, -0.05) is 23.7 Å². The van der Waals surface area contributed by atoms with Crippen LogP contribution < -0.4 is 4.90 Å². The van der Waals surface area contributed by atoms with Gasteiger partial charge in [0.25, 0.3) is 0 Å². The van der Waals surface area contributed by atoms with Gasteiger partial charge in [-0.15, -0.1) is 0 Å². The van der Waals surface area contributed by atoms with Crippen LogP contribution in [0, 0.1) is 0 Å². The second-order valence-corrected chi connectivity index (χ2v) is 6.68. The van der Waals surface area contributed by atoms with Gasteiger partial charge < -0.3 is 14.4 Å². The maximum Gasteiger partial charge on any atom is 0.161 e. The van der Waals surface area contributed by atoms with E-state index in [0.29, 0.717) is 5.02 Å². The predicted molar refractivity (Wildman–Crippen MR) is 98.7 cm³/mol. The number of likely N-dealkylation sites (N-methyl/N-ethyl adjacent to an activating group) is 1. The van der Waals surface area contributed by atoms with Gasteiger partial charge in [0.15, 0.2) is 5.82 Å². The molecule has 3 heterocycles. The van der Waals surface area contributed by atoms with Crippen LogP contribution in [0.4, 0.5) is 5.82 Å². The molecule has 0 saturated carbocycles. The first-order valence-electron chi connectivity index (χ1n) is 8.15. The summed E-state index contributed by atoms with van der Waals surface area (Å²) >= 11 is 6.45. The van der Waals surface area contributed by atoms with Gasteiger partial charge in [-0.2, -0.15) is 0 Å². The fourth-order valence-electron chi connectivity index (χ4n) is 3.16. The molecule has 0 amide bonds. The number of para-hydroxylation sites is 2. The number of anilines is 1. The molecule has 5 nitrogen and oxygen atoms in total. The summed E-state index contributed by atoms with van der Waals surface area (Å²) in [5.41, 5.74) is 2.78. The molecule has 0 atom stereocenters. The number of halogens is 1. The number of aromatic nitrogens is 3. The fourth-order valence-corrected chi connectivity index (χ4v) is 3.35. The molecule has 1 aliphatic rings. The Labute approximate surface area is 146 Å². The van der Waals surface area contributed by atoms with Gasteiger partial charge in [0.1, 0.15) is 11.5 Å². The molecule has 0 spiro atoms. The summed E-state index contributed by atoms with van der Waals surface area (Å²) in [6.45, 7) is 4.05. The van der Waals surface area contributed by atoms with E-state index in [1.54, 1.807) is 0 Å². The van der Waals surface area contributed by atoms with E-state index in [0.717, 1.165) is 54.5 Å². The average Bonchev–Trinajstić information content (AvgIpc) is 2.93. The van der Waals surface area contributed by atoms with Crippen LogP contribution in [-0.4, -0.2) is 52.7 Å². The number of imidazole rings is 1. The zero-order valence-electron chi connectivity index (χ0n) is 13.9. The molecule has 0 bridgehead atoms. The van der Waals surface area contributed by atoms with Gasteiger partial charge in [-0.3, -0.25) is 0 Å². The van der Waals surface area contributed by atoms with Crippen molar-refractivity contribution in [1.82, 2.24) is 19.4 Å². The Morgan fingerprint density at radius 2 is 1.67 bits per heavy atom. The number of hydrogen-bond acceptors (Lipinski definition) is 4. The maximum absolute atomic E-state index is 6.45. The minimum absolute atomic E-state index is 0.631. The lowest BCUT2D eigenvalue weighted by Crippen LogP contribution is -2.44. The first kappa shape index (κ1) is 15.4. The Morgan fingerprint density at radius 1 is 0.917 bits per heavy atom. The molecule has 124 valence electrons. The Kier molecular flexibility index (Phi) is 3.90. The molecule has 0 aliphatic carbocycles. The highest BCUT2D eigenvalue weighted by Gasteiger charge is 2.19. The molecule has 3 aromatic rings. The fraction of sp³-hybridized carbons (Fsp3) is 0.333. The number of fused-ring (bicyclic) bond motifs is 1. The highest BCUT2D eigenvalue weighted by Crippen LogP contribution is 2.30. The molecule has 1 aliphatic heterocycles.